The Bertz CT molecular complexity index is 323. The number of methoxy groups -OCH3 is 2. The van der Waals surface area contributed by atoms with Gasteiger partial charge in [0, 0.05) is 7.11 Å². The fourth-order valence-corrected chi connectivity index (χ4v) is 1.13. The molecular formula is C11H15NO4. The predicted octanol–water partition coefficient (Wildman–Crippen LogP) is 0.889. The largest absolute Gasteiger partial charge is 0.497 e. The molecule has 88 valence electrons. The van der Waals surface area contributed by atoms with E-state index in [2.05, 4.69) is 10.2 Å². The molecule has 0 fully saturated rings. The molecule has 0 atom stereocenters. The first-order chi connectivity index (χ1) is 7.76. The third-order valence-corrected chi connectivity index (χ3v) is 1.89. The molecule has 0 aliphatic heterocycles. The van der Waals surface area contributed by atoms with Crippen molar-refractivity contribution in [2.45, 2.75) is 6.42 Å². The van der Waals surface area contributed by atoms with Gasteiger partial charge in [0.2, 0.25) is 5.91 Å². The van der Waals surface area contributed by atoms with Crippen LogP contribution in [0.1, 0.15) is 5.56 Å². The lowest BCUT2D eigenvalue weighted by Crippen LogP contribution is -2.26. The quantitative estimate of drug-likeness (QED) is 0.444. The average Bonchev–Trinajstić information content (AvgIpc) is 2.30. The van der Waals surface area contributed by atoms with E-state index in [1.54, 1.807) is 19.2 Å². The van der Waals surface area contributed by atoms with E-state index < -0.39 is 0 Å². The summed E-state index contributed by atoms with van der Waals surface area (Å²) in [6, 6.07) is 7.26. The first-order valence-corrected chi connectivity index (χ1v) is 4.78. The van der Waals surface area contributed by atoms with Crippen LogP contribution in [0.3, 0.4) is 0 Å². The Hall–Kier alpha value is -1.59. The van der Waals surface area contributed by atoms with Gasteiger partial charge in [-0.05, 0) is 17.7 Å². The Morgan fingerprint density at radius 3 is 2.50 bits per heavy atom. The molecule has 1 aromatic carbocycles. The van der Waals surface area contributed by atoms with E-state index in [0.29, 0.717) is 0 Å². The summed E-state index contributed by atoms with van der Waals surface area (Å²) in [6.45, 7) is 0.0361. The summed E-state index contributed by atoms with van der Waals surface area (Å²) in [5.41, 5.74) is 3.15. The van der Waals surface area contributed by atoms with Crippen LogP contribution in [0.2, 0.25) is 0 Å². The smallest absolute Gasteiger partial charge is 0.248 e. The summed E-state index contributed by atoms with van der Waals surface area (Å²) >= 11 is 0. The minimum atomic E-state index is -0.220. The van der Waals surface area contributed by atoms with Gasteiger partial charge in [-0.25, -0.2) is 10.3 Å². The molecule has 1 N–H and O–H groups in total. The zero-order valence-electron chi connectivity index (χ0n) is 9.36. The van der Waals surface area contributed by atoms with Crippen LogP contribution in [0.15, 0.2) is 24.3 Å². The molecule has 5 nitrogen and oxygen atoms in total. The molecule has 0 spiro atoms. The van der Waals surface area contributed by atoms with Crippen LogP contribution >= 0.6 is 0 Å². The van der Waals surface area contributed by atoms with Gasteiger partial charge in [0.25, 0.3) is 0 Å². The van der Waals surface area contributed by atoms with E-state index in [4.69, 9.17) is 9.57 Å². The molecule has 0 aliphatic carbocycles. The van der Waals surface area contributed by atoms with Crippen molar-refractivity contribution >= 4 is 5.91 Å². The second kappa shape index (κ2) is 6.81. The molecule has 0 saturated carbocycles. The number of amides is 1. The Morgan fingerprint density at radius 1 is 1.25 bits per heavy atom. The van der Waals surface area contributed by atoms with E-state index in [9.17, 15) is 4.79 Å². The van der Waals surface area contributed by atoms with Crippen molar-refractivity contribution in [3.05, 3.63) is 29.8 Å². The lowest BCUT2D eigenvalue weighted by Gasteiger charge is -2.05. The standard InChI is InChI=1S/C11H15NO4/c1-14-8-16-12-11(13)7-9-3-5-10(15-2)6-4-9/h3-6H,7-8H2,1-2H3,(H,12,13). The number of nitrogens with one attached hydrogen (secondary N) is 1. The maximum absolute atomic E-state index is 11.3. The number of hydrogen-bond donors (Lipinski definition) is 1. The fourth-order valence-electron chi connectivity index (χ4n) is 1.13. The van der Waals surface area contributed by atoms with Crippen molar-refractivity contribution in [1.29, 1.82) is 0 Å². The van der Waals surface area contributed by atoms with Crippen LogP contribution in [0.25, 0.3) is 0 Å². The van der Waals surface area contributed by atoms with Crippen LogP contribution in [0.5, 0.6) is 5.75 Å². The highest BCUT2D eigenvalue weighted by Crippen LogP contribution is 2.11. The Balaban J connectivity index is 2.37. The summed E-state index contributed by atoms with van der Waals surface area (Å²) in [7, 11) is 3.08. The summed E-state index contributed by atoms with van der Waals surface area (Å²) in [4.78, 5) is 16.0. The number of hydrogen-bond acceptors (Lipinski definition) is 4. The monoisotopic (exact) mass is 225 g/mol. The van der Waals surface area contributed by atoms with E-state index in [1.807, 2.05) is 12.1 Å². The van der Waals surface area contributed by atoms with Crippen molar-refractivity contribution < 1.29 is 19.1 Å². The zero-order chi connectivity index (χ0) is 11.8. The first-order valence-electron chi connectivity index (χ1n) is 4.78. The second-order valence-electron chi connectivity index (χ2n) is 3.10. The molecule has 0 bridgehead atoms. The third kappa shape index (κ3) is 4.29. The first kappa shape index (κ1) is 12.5. The molecule has 0 saturated heterocycles. The maximum atomic E-state index is 11.3. The molecule has 0 radical (unpaired) electrons. The number of benzene rings is 1. The molecule has 0 aliphatic rings. The molecule has 0 heterocycles. The molecule has 1 rings (SSSR count). The van der Waals surface area contributed by atoms with Gasteiger partial charge < -0.3 is 9.47 Å². The van der Waals surface area contributed by atoms with E-state index in [0.717, 1.165) is 11.3 Å². The number of ether oxygens (including phenoxy) is 2. The SMILES string of the molecule is COCONC(=O)Cc1ccc(OC)cc1. The van der Waals surface area contributed by atoms with Crippen molar-refractivity contribution in [2.24, 2.45) is 0 Å². The normalized spacial score (nSPS) is 9.88. The topological polar surface area (TPSA) is 56.8 Å². The minimum absolute atomic E-state index is 0.0361. The van der Waals surface area contributed by atoms with Gasteiger partial charge in [0.15, 0.2) is 6.79 Å². The molecule has 5 heteroatoms. The lowest BCUT2D eigenvalue weighted by atomic mass is 10.1. The highest BCUT2D eigenvalue weighted by Gasteiger charge is 2.03. The fraction of sp³-hybridized carbons (Fsp3) is 0.364. The molecule has 0 aromatic heterocycles. The van der Waals surface area contributed by atoms with Gasteiger partial charge in [0.1, 0.15) is 5.75 Å². The van der Waals surface area contributed by atoms with Gasteiger partial charge in [0.05, 0.1) is 13.5 Å². The van der Waals surface area contributed by atoms with Crippen LogP contribution in [0, 0.1) is 0 Å². The summed E-state index contributed by atoms with van der Waals surface area (Å²) in [5, 5.41) is 0. The Morgan fingerprint density at radius 2 is 1.94 bits per heavy atom. The molecule has 1 aromatic rings. The minimum Gasteiger partial charge on any atom is -0.497 e. The van der Waals surface area contributed by atoms with Gasteiger partial charge in [-0.2, -0.15) is 0 Å². The predicted molar refractivity (Wildman–Crippen MR) is 57.8 cm³/mol. The van der Waals surface area contributed by atoms with Gasteiger partial charge in [-0.3, -0.25) is 4.79 Å². The van der Waals surface area contributed by atoms with Crippen LogP contribution in [-0.4, -0.2) is 26.9 Å². The number of carbonyl (C=O) groups is 1. The third-order valence-electron chi connectivity index (χ3n) is 1.89. The van der Waals surface area contributed by atoms with Crippen LogP contribution in [0.4, 0.5) is 0 Å². The van der Waals surface area contributed by atoms with E-state index in [1.165, 1.54) is 7.11 Å². The lowest BCUT2D eigenvalue weighted by molar-refractivity contribution is -0.143. The number of carbonyl (C=O) groups excluding carboxylic acids is 1. The van der Waals surface area contributed by atoms with Gasteiger partial charge >= 0.3 is 0 Å². The van der Waals surface area contributed by atoms with Crippen LogP contribution < -0.4 is 10.2 Å². The zero-order valence-corrected chi connectivity index (χ0v) is 9.36. The van der Waals surface area contributed by atoms with E-state index in [-0.39, 0.29) is 19.1 Å². The molecular weight excluding hydrogens is 210 g/mol. The van der Waals surface area contributed by atoms with Gasteiger partial charge in [-0.15, -0.1) is 0 Å². The van der Waals surface area contributed by atoms with Crippen molar-refractivity contribution in [1.82, 2.24) is 5.48 Å². The maximum Gasteiger partial charge on any atom is 0.248 e. The Kier molecular flexibility index (Phi) is 5.31. The van der Waals surface area contributed by atoms with Crippen molar-refractivity contribution in [3.8, 4) is 5.75 Å². The highest BCUT2D eigenvalue weighted by molar-refractivity contribution is 5.77. The summed E-state index contributed by atoms with van der Waals surface area (Å²) in [5.74, 6) is 0.544. The van der Waals surface area contributed by atoms with Crippen molar-refractivity contribution in [3.63, 3.8) is 0 Å². The number of rotatable bonds is 6. The molecule has 0 unspecified atom stereocenters. The average molecular weight is 225 g/mol. The highest BCUT2D eigenvalue weighted by atomic mass is 16.8. The second-order valence-corrected chi connectivity index (χ2v) is 3.10. The summed E-state index contributed by atoms with van der Waals surface area (Å²) in [6.07, 6.45) is 0.258. The van der Waals surface area contributed by atoms with Crippen molar-refractivity contribution in [2.75, 3.05) is 21.0 Å². The van der Waals surface area contributed by atoms with Gasteiger partial charge in [-0.1, -0.05) is 12.1 Å². The summed E-state index contributed by atoms with van der Waals surface area (Å²) < 4.78 is 9.63. The Labute approximate surface area is 94.3 Å². The number of hydroxylamine groups is 1. The van der Waals surface area contributed by atoms with E-state index >= 15 is 0 Å². The molecule has 16 heavy (non-hydrogen) atoms. The molecule has 1 amide bonds. The van der Waals surface area contributed by atoms with Crippen LogP contribution in [-0.2, 0) is 20.8 Å².